The summed E-state index contributed by atoms with van der Waals surface area (Å²) in [4.78, 5) is 23.2. The summed E-state index contributed by atoms with van der Waals surface area (Å²) in [6, 6.07) is 7.75. The normalized spacial score (nSPS) is 10.3. The van der Waals surface area contributed by atoms with Gasteiger partial charge in [0.1, 0.15) is 6.61 Å². The first-order chi connectivity index (χ1) is 11.1. The van der Waals surface area contributed by atoms with Crippen LogP contribution < -0.4 is 0 Å². The van der Waals surface area contributed by atoms with Gasteiger partial charge in [-0.05, 0) is 24.5 Å². The van der Waals surface area contributed by atoms with E-state index in [1.807, 2.05) is 31.2 Å². The molecule has 0 spiro atoms. The Hall–Kier alpha value is -1.84. The lowest BCUT2D eigenvalue weighted by Crippen LogP contribution is -2.11. The number of aryl methyl sites for hydroxylation is 1. The Morgan fingerprint density at radius 3 is 2.26 bits per heavy atom. The quantitative estimate of drug-likeness (QED) is 0.450. The average Bonchev–Trinajstić information content (AvgIpc) is 2.55. The topological polar surface area (TPSA) is 52.6 Å². The second-order valence-electron chi connectivity index (χ2n) is 5.72. The fourth-order valence-corrected chi connectivity index (χ4v) is 2.17. The summed E-state index contributed by atoms with van der Waals surface area (Å²) in [5.74, 6) is -0.693. The van der Waals surface area contributed by atoms with Gasteiger partial charge in [0.15, 0.2) is 0 Å². The summed E-state index contributed by atoms with van der Waals surface area (Å²) in [7, 11) is 0. The minimum absolute atomic E-state index is 0.0700. The molecule has 0 fully saturated rings. The van der Waals surface area contributed by atoms with Crippen LogP contribution in [0.15, 0.2) is 24.3 Å². The molecule has 0 N–H and O–H groups in total. The summed E-state index contributed by atoms with van der Waals surface area (Å²) in [6.45, 7) is 4.83. The molecule has 1 rings (SSSR count). The molecule has 4 heteroatoms. The van der Waals surface area contributed by atoms with Crippen LogP contribution in [-0.2, 0) is 25.7 Å². The Labute approximate surface area is 139 Å². The predicted octanol–water partition coefficient (Wildman–Crippen LogP) is 4.33. The van der Waals surface area contributed by atoms with Gasteiger partial charge in [0.05, 0.1) is 19.4 Å². The summed E-state index contributed by atoms with van der Waals surface area (Å²) < 4.78 is 10.3. The Morgan fingerprint density at radius 2 is 1.57 bits per heavy atom. The number of rotatable bonds is 11. The molecule has 0 aromatic heterocycles. The van der Waals surface area contributed by atoms with Crippen molar-refractivity contribution >= 4 is 11.9 Å². The van der Waals surface area contributed by atoms with Crippen LogP contribution in [0.25, 0.3) is 0 Å². The molecule has 0 unspecified atom stereocenters. The standard InChI is InChI=1S/C19H28O4/c1-3-4-5-6-9-14-22-18(20)12-13-19(21)23-15-17-11-8-7-10-16(17)2/h7-8,10-11H,3-6,9,12-15H2,1-2H3. The molecule has 0 bridgehead atoms. The van der Waals surface area contributed by atoms with Gasteiger partial charge < -0.3 is 9.47 Å². The van der Waals surface area contributed by atoms with Gasteiger partial charge >= 0.3 is 11.9 Å². The van der Waals surface area contributed by atoms with E-state index in [9.17, 15) is 9.59 Å². The van der Waals surface area contributed by atoms with Crippen molar-refractivity contribution in [1.29, 1.82) is 0 Å². The van der Waals surface area contributed by atoms with E-state index in [1.165, 1.54) is 19.3 Å². The maximum absolute atomic E-state index is 11.7. The smallest absolute Gasteiger partial charge is 0.306 e. The summed E-state index contributed by atoms with van der Waals surface area (Å²) in [6.07, 6.45) is 5.73. The van der Waals surface area contributed by atoms with Crippen molar-refractivity contribution in [3.63, 3.8) is 0 Å². The summed E-state index contributed by atoms with van der Waals surface area (Å²) in [5, 5.41) is 0. The molecule has 0 amide bonds. The molecule has 1 aromatic rings. The molecule has 0 aliphatic heterocycles. The minimum Gasteiger partial charge on any atom is -0.466 e. The van der Waals surface area contributed by atoms with Crippen molar-refractivity contribution in [2.45, 2.75) is 65.4 Å². The largest absolute Gasteiger partial charge is 0.466 e. The van der Waals surface area contributed by atoms with Crippen LogP contribution in [0.2, 0.25) is 0 Å². The highest BCUT2D eigenvalue weighted by atomic mass is 16.5. The van der Waals surface area contributed by atoms with Gasteiger partial charge in [-0.2, -0.15) is 0 Å². The highest BCUT2D eigenvalue weighted by Crippen LogP contribution is 2.09. The van der Waals surface area contributed by atoms with Crippen LogP contribution in [0.3, 0.4) is 0 Å². The van der Waals surface area contributed by atoms with Crippen molar-refractivity contribution in [1.82, 2.24) is 0 Å². The Morgan fingerprint density at radius 1 is 0.913 bits per heavy atom. The minimum atomic E-state index is -0.367. The highest BCUT2D eigenvalue weighted by molar-refractivity contribution is 5.77. The molecule has 0 atom stereocenters. The maximum atomic E-state index is 11.7. The average molecular weight is 320 g/mol. The molecule has 23 heavy (non-hydrogen) atoms. The number of benzene rings is 1. The lowest BCUT2D eigenvalue weighted by Gasteiger charge is -2.07. The number of ether oxygens (including phenoxy) is 2. The van der Waals surface area contributed by atoms with Crippen molar-refractivity contribution in [3.05, 3.63) is 35.4 Å². The molecule has 0 saturated carbocycles. The van der Waals surface area contributed by atoms with E-state index in [2.05, 4.69) is 6.92 Å². The number of hydrogen-bond acceptors (Lipinski definition) is 4. The number of unbranched alkanes of at least 4 members (excludes halogenated alkanes) is 4. The second-order valence-corrected chi connectivity index (χ2v) is 5.72. The molecule has 4 nitrogen and oxygen atoms in total. The van der Waals surface area contributed by atoms with Crippen molar-refractivity contribution in [3.8, 4) is 0 Å². The zero-order valence-corrected chi connectivity index (χ0v) is 14.3. The van der Waals surface area contributed by atoms with Gasteiger partial charge in [0.2, 0.25) is 0 Å². The van der Waals surface area contributed by atoms with Gasteiger partial charge in [0.25, 0.3) is 0 Å². The van der Waals surface area contributed by atoms with E-state index in [0.29, 0.717) is 6.61 Å². The molecule has 128 valence electrons. The molecule has 0 radical (unpaired) electrons. The van der Waals surface area contributed by atoms with E-state index >= 15 is 0 Å². The maximum Gasteiger partial charge on any atom is 0.306 e. The predicted molar refractivity (Wildman–Crippen MR) is 89.9 cm³/mol. The van der Waals surface area contributed by atoms with Crippen molar-refractivity contribution in [2.75, 3.05) is 6.61 Å². The van der Waals surface area contributed by atoms with Gasteiger partial charge in [-0.25, -0.2) is 0 Å². The van der Waals surface area contributed by atoms with Crippen LogP contribution in [0.1, 0.15) is 63.0 Å². The molecular formula is C19H28O4. The third-order valence-electron chi connectivity index (χ3n) is 3.69. The zero-order valence-electron chi connectivity index (χ0n) is 14.3. The van der Waals surface area contributed by atoms with E-state index < -0.39 is 0 Å². The van der Waals surface area contributed by atoms with E-state index in [1.54, 1.807) is 0 Å². The third-order valence-corrected chi connectivity index (χ3v) is 3.69. The fraction of sp³-hybridized carbons (Fsp3) is 0.579. The molecular weight excluding hydrogens is 292 g/mol. The summed E-state index contributed by atoms with van der Waals surface area (Å²) >= 11 is 0. The van der Waals surface area contributed by atoms with Gasteiger partial charge in [-0.15, -0.1) is 0 Å². The number of esters is 2. The van der Waals surface area contributed by atoms with E-state index in [-0.39, 0.29) is 31.4 Å². The van der Waals surface area contributed by atoms with Crippen LogP contribution in [0.5, 0.6) is 0 Å². The summed E-state index contributed by atoms with van der Waals surface area (Å²) in [5.41, 5.74) is 2.07. The number of carbonyl (C=O) groups excluding carboxylic acids is 2. The van der Waals surface area contributed by atoms with Crippen LogP contribution in [-0.4, -0.2) is 18.5 Å². The lowest BCUT2D eigenvalue weighted by atomic mass is 10.1. The Balaban J connectivity index is 2.08. The second kappa shape index (κ2) is 11.7. The fourth-order valence-electron chi connectivity index (χ4n) is 2.17. The van der Waals surface area contributed by atoms with E-state index in [4.69, 9.17) is 9.47 Å². The first-order valence-corrected chi connectivity index (χ1v) is 8.49. The first kappa shape index (κ1) is 19.2. The monoisotopic (exact) mass is 320 g/mol. The van der Waals surface area contributed by atoms with Crippen LogP contribution in [0, 0.1) is 6.92 Å². The lowest BCUT2D eigenvalue weighted by molar-refractivity contribution is -0.151. The van der Waals surface area contributed by atoms with Crippen molar-refractivity contribution < 1.29 is 19.1 Å². The van der Waals surface area contributed by atoms with Crippen molar-refractivity contribution in [2.24, 2.45) is 0 Å². The molecule has 0 heterocycles. The Bertz CT molecular complexity index is 482. The molecule has 0 aliphatic carbocycles. The van der Waals surface area contributed by atoms with Crippen LogP contribution in [0.4, 0.5) is 0 Å². The molecule has 0 aliphatic rings. The first-order valence-electron chi connectivity index (χ1n) is 8.49. The molecule has 0 saturated heterocycles. The van der Waals surface area contributed by atoms with Crippen LogP contribution >= 0.6 is 0 Å². The highest BCUT2D eigenvalue weighted by Gasteiger charge is 2.09. The zero-order chi connectivity index (χ0) is 16.9. The number of carbonyl (C=O) groups is 2. The van der Waals surface area contributed by atoms with Gasteiger partial charge in [0, 0.05) is 0 Å². The third kappa shape index (κ3) is 9.01. The Kier molecular flexibility index (Phi) is 9.76. The SMILES string of the molecule is CCCCCCCOC(=O)CCC(=O)OCc1ccccc1C. The number of hydrogen-bond donors (Lipinski definition) is 0. The van der Waals surface area contributed by atoms with E-state index in [0.717, 1.165) is 24.0 Å². The van der Waals surface area contributed by atoms with Gasteiger partial charge in [-0.3, -0.25) is 9.59 Å². The molecule has 1 aromatic carbocycles. The van der Waals surface area contributed by atoms with Gasteiger partial charge in [-0.1, -0.05) is 56.9 Å².